The van der Waals surface area contributed by atoms with E-state index in [4.69, 9.17) is 9.47 Å². The summed E-state index contributed by atoms with van der Waals surface area (Å²) in [6.07, 6.45) is 1.83. The molecule has 8 heteroatoms. The summed E-state index contributed by atoms with van der Waals surface area (Å²) >= 11 is 0. The van der Waals surface area contributed by atoms with Crippen LogP contribution in [0, 0.1) is 0 Å². The van der Waals surface area contributed by atoms with Crippen LogP contribution in [0.1, 0.15) is 28.3 Å². The normalized spacial score (nSPS) is 13.9. The zero-order chi connectivity index (χ0) is 25.6. The minimum Gasteiger partial charge on any atom is -0.480 e. The second-order valence-electron chi connectivity index (χ2n) is 8.87. The average Bonchev–Trinajstić information content (AvgIpc) is 3.55. The summed E-state index contributed by atoms with van der Waals surface area (Å²) in [5.74, 6) is -1.91. The highest BCUT2D eigenvalue weighted by molar-refractivity contribution is 5.80. The molecule has 1 unspecified atom stereocenters. The molecule has 1 aromatic heterocycles. The Hall–Kier alpha value is -4.27. The third-order valence-corrected chi connectivity index (χ3v) is 6.46. The standard InChI is InChI=1S/C29H27N3O5/c33-28(34)26(14-20-15-30-18-31-20)32-27(36-16-19-8-2-1-3-9-19)29(35)37-17-25-23-12-6-4-10-21(23)22-11-5-7-13-24(22)25/h1-13,15,18,25-27,32H,14,16-17H2,(H,30,31)(H,33,34)/t26-,27?/m1/s1. The molecule has 0 radical (unpaired) electrons. The Bertz CT molecular complexity index is 1310. The third-order valence-electron chi connectivity index (χ3n) is 6.46. The topological polar surface area (TPSA) is 114 Å². The Balaban J connectivity index is 1.32. The van der Waals surface area contributed by atoms with Gasteiger partial charge in [-0.1, -0.05) is 78.9 Å². The van der Waals surface area contributed by atoms with Crippen molar-refractivity contribution < 1.29 is 24.2 Å². The first-order valence-corrected chi connectivity index (χ1v) is 12.1. The zero-order valence-electron chi connectivity index (χ0n) is 20.0. The van der Waals surface area contributed by atoms with E-state index in [1.54, 1.807) is 6.20 Å². The van der Waals surface area contributed by atoms with E-state index in [-0.39, 0.29) is 25.6 Å². The van der Waals surface area contributed by atoms with E-state index in [2.05, 4.69) is 27.4 Å². The van der Waals surface area contributed by atoms with E-state index in [1.165, 1.54) is 6.33 Å². The molecule has 5 rings (SSSR count). The maximum absolute atomic E-state index is 13.3. The van der Waals surface area contributed by atoms with Gasteiger partial charge in [-0.05, 0) is 27.8 Å². The van der Waals surface area contributed by atoms with Crippen LogP contribution < -0.4 is 5.32 Å². The van der Waals surface area contributed by atoms with Crippen molar-refractivity contribution in [1.82, 2.24) is 15.3 Å². The molecular formula is C29H27N3O5. The second-order valence-corrected chi connectivity index (χ2v) is 8.87. The molecule has 8 nitrogen and oxygen atoms in total. The fourth-order valence-electron chi connectivity index (χ4n) is 4.64. The molecule has 1 heterocycles. The lowest BCUT2D eigenvalue weighted by molar-refractivity contribution is -0.163. The zero-order valence-corrected chi connectivity index (χ0v) is 20.0. The van der Waals surface area contributed by atoms with Crippen molar-refractivity contribution in [3.63, 3.8) is 0 Å². The minimum absolute atomic E-state index is 0.0944. The summed E-state index contributed by atoms with van der Waals surface area (Å²) in [5.41, 5.74) is 5.90. The Morgan fingerprint density at radius 1 is 0.946 bits per heavy atom. The Kier molecular flexibility index (Phi) is 7.39. The summed E-state index contributed by atoms with van der Waals surface area (Å²) in [5, 5.41) is 12.6. The number of carbonyl (C=O) groups excluding carboxylic acids is 1. The molecule has 2 atom stereocenters. The number of carboxylic acid groups (broad SMARTS) is 1. The molecule has 1 aliphatic rings. The number of nitrogens with one attached hydrogen (secondary N) is 2. The van der Waals surface area contributed by atoms with E-state index < -0.39 is 24.2 Å². The number of benzene rings is 3. The SMILES string of the molecule is O=C(OCC1c2ccccc2-c2ccccc21)C(N[C@H](Cc1cnc[nH]1)C(=O)O)OCc1ccccc1. The lowest BCUT2D eigenvalue weighted by Gasteiger charge is -2.23. The summed E-state index contributed by atoms with van der Waals surface area (Å²) in [4.78, 5) is 32.1. The molecule has 0 saturated carbocycles. The second kappa shape index (κ2) is 11.2. The third kappa shape index (κ3) is 5.61. The molecule has 0 aliphatic heterocycles. The van der Waals surface area contributed by atoms with Crippen LogP contribution in [0.4, 0.5) is 0 Å². The molecule has 0 bridgehead atoms. The molecule has 0 spiro atoms. The van der Waals surface area contributed by atoms with Gasteiger partial charge in [0.05, 0.1) is 12.9 Å². The molecule has 3 aromatic carbocycles. The Morgan fingerprint density at radius 3 is 2.22 bits per heavy atom. The monoisotopic (exact) mass is 497 g/mol. The van der Waals surface area contributed by atoms with Crippen molar-refractivity contribution in [2.45, 2.75) is 31.2 Å². The number of esters is 1. The Morgan fingerprint density at radius 2 is 1.59 bits per heavy atom. The number of carbonyl (C=O) groups is 2. The average molecular weight is 498 g/mol. The van der Waals surface area contributed by atoms with Crippen molar-refractivity contribution in [3.8, 4) is 11.1 Å². The summed E-state index contributed by atoms with van der Waals surface area (Å²) < 4.78 is 11.6. The highest BCUT2D eigenvalue weighted by Crippen LogP contribution is 2.44. The fourth-order valence-corrected chi connectivity index (χ4v) is 4.64. The number of hydrogen-bond donors (Lipinski definition) is 3. The van der Waals surface area contributed by atoms with Crippen LogP contribution in [0.2, 0.25) is 0 Å². The van der Waals surface area contributed by atoms with Crippen LogP contribution in [0.5, 0.6) is 0 Å². The predicted molar refractivity (Wildman–Crippen MR) is 137 cm³/mol. The number of aromatic amines is 1. The first-order chi connectivity index (χ1) is 18.1. The van der Waals surface area contributed by atoms with Crippen LogP contribution in [0.15, 0.2) is 91.4 Å². The van der Waals surface area contributed by atoms with Gasteiger partial charge in [0.15, 0.2) is 0 Å². The van der Waals surface area contributed by atoms with Crippen molar-refractivity contribution in [2.75, 3.05) is 6.61 Å². The molecule has 0 saturated heterocycles. The van der Waals surface area contributed by atoms with Gasteiger partial charge in [-0.2, -0.15) is 0 Å². The Labute approximate surface area is 214 Å². The number of carboxylic acids is 1. The smallest absolute Gasteiger partial charge is 0.350 e. The number of hydrogen-bond acceptors (Lipinski definition) is 6. The van der Waals surface area contributed by atoms with Crippen LogP contribution in [-0.4, -0.2) is 45.9 Å². The van der Waals surface area contributed by atoms with Gasteiger partial charge in [-0.25, -0.2) is 9.78 Å². The number of fused-ring (bicyclic) bond motifs is 3. The lowest BCUT2D eigenvalue weighted by atomic mass is 9.98. The largest absolute Gasteiger partial charge is 0.480 e. The van der Waals surface area contributed by atoms with E-state index in [1.807, 2.05) is 66.7 Å². The van der Waals surface area contributed by atoms with Crippen molar-refractivity contribution in [3.05, 3.63) is 114 Å². The van der Waals surface area contributed by atoms with E-state index in [0.29, 0.717) is 5.69 Å². The van der Waals surface area contributed by atoms with Gasteiger partial charge in [-0.15, -0.1) is 0 Å². The van der Waals surface area contributed by atoms with Crippen LogP contribution in [0.3, 0.4) is 0 Å². The highest BCUT2D eigenvalue weighted by atomic mass is 16.6. The minimum atomic E-state index is -1.28. The highest BCUT2D eigenvalue weighted by Gasteiger charge is 2.32. The molecule has 188 valence electrons. The van der Waals surface area contributed by atoms with Gasteiger partial charge >= 0.3 is 11.9 Å². The number of aliphatic carboxylic acids is 1. The summed E-state index contributed by atoms with van der Waals surface area (Å²) in [6, 6.07) is 24.4. The fraction of sp³-hybridized carbons (Fsp3) is 0.207. The van der Waals surface area contributed by atoms with E-state index in [9.17, 15) is 14.7 Å². The number of ether oxygens (including phenoxy) is 2. The number of imidazole rings is 1. The van der Waals surface area contributed by atoms with Crippen molar-refractivity contribution in [1.29, 1.82) is 0 Å². The maximum atomic E-state index is 13.3. The van der Waals surface area contributed by atoms with Crippen LogP contribution in [0.25, 0.3) is 11.1 Å². The molecule has 1 aliphatic carbocycles. The molecule has 0 fully saturated rings. The van der Waals surface area contributed by atoms with Crippen LogP contribution in [-0.2, 0) is 32.1 Å². The first kappa shape index (κ1) is 24.4. The van der Waals surface area contributed by atoms with Gasteiger partial charge in [0.1, 0.15) is 12.6 Å². The number of rotatable bonds is 11. The molecule has 37 heavy (non-hydrogen) atoms. The van der Waals surface area contributed by atoms with Gasteiger partial charge in [-0.3, -0.25) is 10.1 Å². The molecule has 3 N–H and O–H groups in total. The summed E-state index contributed by atoms with van der Waals surface area (Å²) in [7, 11) is 0. The quantitative estimate of drug-likeness (QED) is 0.213. The van der Waals surface area contributed by atoms with Gasteiger partial charge in [0.25, 0.3) is 0 Å². The van der Waals surface area contributed by atoms with Crippen molar-refractivity contribution >= 4 is 11.9 Å². The molecule has 4 aromatic rings. The number of nitrogens with zero attached hydrogens (tertiary/aromatic N) is 1. The first-order valence-electron chi connectivity index (χ1n) is 12.1. The van der Waals surface area contributed by atoms with Crippen LogP contribution >= 0.6 is 0 Å². The lowest BCUT2D eigenvalue weighted by Crippen LogP contribution is -2.50. The molecule has 0 amide bonds. The van der Waals surface area contributed by atoms with E-state index >= 15 is 0 Å². The predicted octanol–water partition coefficient (Wildman–Crippen LogP) is 3.89. The number of H-pyrrole nitrogens is 1. The van der Waals surface area contributed by atoms with Gasteiger partial charge in [0.2, 0.25) is 6.23 Å². The number of aromatic nitrogens is 2. The van der Waals surface area contributed by atoms with Crippen molar-refractivity contribution in [2.24, 2.45) is 0 Å². The summed E-state index contributed by atoms with van der Waals surface area (Å²) in [6.45, 7) is 0.219. The molecular weight excluding hydrogens is 470 g/mol. The van der Waals surface area contributed by atoms with E-state index in [0.717, 1.165) is 27.8 Å². The maximum Gasteiger partial charge on any atom is 0.350 e. The van der Waals surface area contributed by atoms with Gasteiger partial charge < -0.3 is 19.6 Å². The van der Waals surface area contributed by atoms with Gasteiger partial charge in [0, 0.05) is 24.2 Å².